The number of carboxylic acids is 1. The average molecular weight is 315 g/mol. The molecule has 0 aliphatic rings. The molecule has 2 aromatic rings. The largest absolute Gasteiger partial charge is 0.506 e. The number of aromatic hydroxyl groups is 1. The molecule has 2 rings (SSSR count). The van der Waals surface area contributed by atoms with E-state index in [1.165, 1.54) is 18.2 Å². The fraction of sp³-hybridized carbons (Fsp3) is 0.176. The predicted molar refractivity (Wildman–Crippen MR) is 84.8 cm³/mol. The molecular formula is C17H17NO5. The van der Waals surface area contributed by atoms with E-state index in [2.05, 4.69) is 5.32 Å². The number of hydrogen-bond acceptors (Lipinski definition) is 4. The van der Waals surface area contributed by atoms with Crippen molar-refractivity contribution >= 4 is 17.6 Å². The molecule has 0 unspecified atom stereocenters. The van der Waals surface area contributed by atoms with Gasteiger partial charge in [-0.1, -0.05) is 23.8 Å². The van der Waals surface area contributed by atoms with E-state index in [9.17, 15) is 14.7 Å². The van der Waals surface area contributed by atoms with Crippen molar-refractivity contribution < 1.29 is 24.5 Å². The van der Waals surface area contributed by atoms with E-state index in [-0.39, 0.29) is 24.5 Å². The van der Waals surface area contributed by atoms with Crippen molar-refractivity contribution in [3.05, 3.63) is 53.6 Å². The highest BCUT2D eigenvalue weighted by Gasteiger charge is 2.10. The Morgan fingerprint density at radius 1 is 1.13 bits per heavy atom. The first-order valence-electron chi connectivity index (χ1n) is 6.97. The number of carbonyl (C=O) groups is 2. The number of ether oxygens (including phenoxy) is 1. The van der Waals surface area contributed by atoms with Crippen LogP contribution in [0.5, 0.6) is 11.5 Å². The molecule has 0 spiro atoms. The van der Waals surface area contributed by atoms with Crippen molar-refractivity contribution in [2.45, 2.75) is 13.3 Å². The van der Waals surface area contributed by atoms with Gasteiger partial charge in [-0.05, 0) is 36.8 Å². The number of carboxylic acid groups (broad SMARTS) is 1. The van der Waals surface area contributed by atoms with E-state index in [1.54, 1.807) is 12.1 Å². The van der Waals surface area contributed by atoms with Crippen LogP contribution in [-0.4, -0.2) is 28.7 Å². The third kappa shape index (κ3) is 5.03. The number of carbonyl (C=O) groups excluding carboxylic acids is 1. The monoisotopic (exact) mass is 315 g/mol. The summed E-state index contributed by atoms with van der Waals surface area (Å²) in [7, 11) is 0. The molecular weight excluding hydrogens is 298 g/mol. The second-order valence-electron chi connectivity index (χ2n) is 5.07. The van der Waals surface area contributed by atoms with Gasteiger partial charge in [0.1, 0.15) is 11.5 Å². The third-order valence-corrected chi connectivity index (χ3v) is 3.08. The molecule has 0 heterocycles. The van der Waals surface area contributed by atoms with E-state index in [0.29, 0.717) is 11.3 Å². The van der Waals surface area contributed by atoms with Crippen molar-refractivity contribution in [3.8, 4) is 11.5 Å². The summed E-state index contributed by atoms with van der Waals surface area (Å²) >= 11 is 0. The van der Waals surface area contributed by atoms with E-state index >= 15 is 0 Å². The fourth-order valence-electron chi connectivity index (χ4n) is 1.94. The first-order valence-corrected chi connectivity index (χ1v) is 6.97. The van der Waals surface area contributed by atoms with Crippen LogP contribution in [0.15, 0.2) is 42.5 Å². The van der Waals surface area contributed by atoms with Gasteiger partial charge in [0, 0.05) is 0 Å². The summed E-state index contributed by atoms with van der Waals surface area (Å²) < 4.78 is 5.34. The number of benzene rings is 2. The van der Waals surface area contributed by atoms with E-state index < -0.39 is 11.9 Å². The standard InChI is InChI=1S/C17H17NO5/c1-11-2-5-13(6-3-11)23-10-16(20)18-14-8-12(9-17(21)22)4-7-15(14)19/h2-8,19H,9-10H2,1H3,(H,18,20)(H,21,22). The zero-order chi connectivity index (χ0) is 16.8. The summed E-state index contributed by atoms with van der Waals surface area (Å²) in [5, 5.41) is 21.0. The molecule has 120 valence electrons. The molecule has 0 radical (unpaired) electrons. The molecule has 0 saturated carbocycles. The Hall–Kier alpha value is -3.02. The van der Waals surface area contributed by atoms with Crippen molar-refractivity contribution in [2.75, 3.05) is 11.9 Å². The van der Waals surface area contributed by atoms with Gasteiger partial charge in [-0.15, -0.1) is 0 Å². The number of aryl methyl sites for hydroxylation is 1. The van der Waals surface area contributed by atoms with Gasteiger partial charge in [0.05, 0.1) is 12.1 Å². The van der Waals surface area contributed by atoms with Crippen molar-refractivity contribution in [1.82, 2.24) is 0 Å². The second-order valence-corrected chi connectivity index (χ2v) is 5.07. The van der Waals surface area contributed by atoms with Gasteiger partial charge >= 0.3 is 5.97 Å². The average Bonchev–Trinajstić information content (AvgIpc) is 2.49. The molecule has 6 nitrogen and oxygen atoms in total. The number of phenolic OH excluding ortho intramolecular Hbond substituents is 1. The number of nitrogens with one attached hydrogen (secondary N) is 1. The fourth-order valence-corrected chi connectivity index (χ4v) is 1.94. The molecule has 3 N–H and O–H groups in total. The van der Waals surface area contributed by atoms with Crippen LogP contribution in [-0.2, 0) is 16.0 Å². The second kappa shape index (κ2) is 7.31. The maximum atomic E-state index is 11.9. The van der Waals surface area contributed by atoms with Crippen molar-refractivity contribution in [2.24, 2.45) is 0 Å². The molecule has 0 aliphatic heterocycles. The summed E-state index contributed by atoms with van der Waals surface area (Å²) in [4.78, 5) is 22.6. The van der Waals surface area contributed by atoms with E-state index in [4.69, 9.17) is 9.84 Å². The zero-order valence-electron chi connectivity index (χ0n) is 12.6. The molecule has 0 saturated heterocycles. The highest BCUT2D eigenvalue weighted by atomic mass is 16.5. The minimum atomic E-state index is -0.990. The van der Waals surface area contributed by atoms with Gasteiger partial charge < -0.3 is 20.3 Å². The summed E-state index contributed by atoms with van der Waals surface area (Å²) in [6, 6.07) is 11.5. The van der Waals surface area contributed by atoms with Crippen LogP contribution in [0.1, 0.15) is 11.1 Å². The van der Waals surface area contributed by atoms with Gasteiger partial charge in [-0.2, -0.15) is 0 Å². The molecule has 0 fully saturated rings. The lowest BCUT2D eigenvalue weighted by molar-refractivity contribution is -0.136. The Balaban J connectivity index is 1.96. The first-order chi connectivity index (χ1) is 10.9. The molecule has 23 heavy (non-hydrogen) atoms. The molecule has 0 aromatic heterocycles. The van der Waals surface area contributed by atoms with E-state index in [1.807, 2.05) is 19.1 Å². The van der Waals surface area contributed by atoms with Crippen molar-refractivity contribution in [3.63, 3.8) is 0 Å². The molecule has 0 bridgehead atoms. The number of phenols is 1. The first kappa shape index (κ1) is 16.4. The maximum Gasteiger partial charge on any atom is 0.307 e. The smallest absolute Gasteiger partial charge is 0.307 e. The zero-order valence-corrected chi connectivity index (χ0v) is 12.6. The Kier molecular flexibility index (Phi) is 5.19. The minimum absolute atomic E-state index is 0.136. The molecule has 2 aromatic carbocycles. The third-order valence-electron chi connectivity index (χ3n) is 3.08. The molecule has 6 heteroatoms. The quantitative estimate of drug-likeness (QED) is 0.711. The number of rotatable bonds is 6. The number of hydrogen-bond donors (Lipinski definition) is 3. The van der Waals surface area contributed by atoms with Gasteiger partial charge in [0.15, 0.2) is 6.61 Å². The number of amides is 1. The summed E-state index contributed by atoms with van der Waals surface area (Å²) in [5.74, 6) is -1.01. The lowest BCUT2D eigenvalue weighted by Gasteiger charge is -2.10. The van der Waals surface area contributed by atoms with Crippen molar-refractivity contribution in [1.29, 1.82) is 0 Å². The van der Waals surface area contributed by atoms with Crippen LogP contribution >= 0.6 is 0 Å². The van der Waals surface area contributed by atoms with Crippen LogP contribution in [0, 0.1) is 6.92 Å². The van der Waals surface area contributed by atoms with Crippen LogP contribution in [0.3, 0.4) is 0 Å². The van der Waals surface area contributed by atoms with Crippen LogP contribution in [0.2, 0.25) is 0 Å². The lowest BCUT2D eigenvalue weighted by atomic mass is 10.1. The van der Waals surface area contributed by atoms with Gasteiger partial charge in [-0.3, -0.25) is 9.59 Å². The van der Waals surface area contributed by atoms with Crippen LogP contribution in [0.25, 0.3) is 0 Å². The Labute approximate surface area is 133 Å². The molecule has 0 atom stereocenters. The van der Waals surface area contributed by atoms with Crippen LogP contribution in [0.4, 0.5) is 5.69 Å². The summed E-state index contributed by atoms with van der Waals surface area (Å²) in [6.45, 7) is 1.73. The maximum absolute atomic E-state index is 11.9. The lowest BCUT2D eigenvalue weighted by Crippen LogP contribution is -2.20. The van der Waals surface area contributed by atoms with Crippen LogP contribution < -0.4 is 10.1 Å². The van der Waals surface area contributed by atoms with E-state index in [0.717, 1.165) is 5.56 Å². The Bertz CT molecular complexity index is 709. The predicted octanol–water partition coefficient (Wildman–Crippen LogP) is 2.35. The van der Waals surface area contributed by atoms with Gasteiger partial charge in [-0.25, -0.2) is 0 Å². The number of aliphatic carboxylic acids is 1. The Morgan fingerprint density at radius 3 is 2.48 bits per heavy atom. The SMILES string of the molecule is Cc1ccc(OCC(=O)Nc2cc(CC(=O)O)ccc2O)cc1. The topological polar surface area (TPSA) is 95.9 Å². The number of anilines is 1. The normalized spacial score (nSPS) is 10.1. The highest BCUT2D eigenvalue weighted by Crippen LogP contribution is 2.24. The highest BCUT2D eigenvalue weighted by molar-refractivity contribution is 5.93. The van der Waals surface area contributed by atoms with Gasteiger partial charge in [0.25, 0.3) is 5.91 Å². The van der Waals surface area contributed by atoms with Gasteiger partial charge in [0.2, 0.25) is 0 Å². The summed E-state index contributed by atoms with van der Waals surface area (Å²) in [6.07, 6.45) is -0.191. The molecule has 0 aliphatic carbocycles. The minimum Gasteiger partial charge on any atom is -0.506 e. The Morgan fingerprint density at radius 2 is 1.83 bits per heavy atom. The summed E-state index contributed by atoms with van der Waals surface area (Å²) in [5.41, 5.74) is 1.72. The molecule has 1 amide bonds.